The third-order valence-electron chi connectivity index (χ3n) is 5.97. The van der Waals surface area contributed by atoms with E-state index in [1.54, 1.807) is 29.9 Å². The van der Waals surface area contributed by atoms with E-state index in [0.717, 1.165) is 29.5 Å². The molecule has 3 aromatic heterocycles. The minimum Gasteiger partial charge on any atom is -0.367 e. The number of nitrogens with zero attached hydrogens (tertiary/aromatic N) is 3. The fourth-order valence-electron chi connectivity index (χ4n) is 4.28. The zero-order valence-electron chi connectivity index (χ0n) is 17.0. The van der Waals surface area contributed by atoms with Crippen LogP contribution in [0, 0.1) is 0 Å². The number of nitrogens with one attached hydrogen (secondary N) is 2. The maximum atomic E-state index is 12.8. The van der Waals surface area contributed by atoms with Crippen molar-refractivity contribution in [2.45, 2.75) is 18.3 Å². The maximum Gasteiger partial charge on any atom is 0.255 e. The molecule has 1 amide bonds. The molecule has 4 aromatic rings. The van der Waals surface area contributed by atoms with Gasteiger partial charge in [0, 0.05) is 42.5 Å². The largest absolute Gasteiger partial charge is 0.367 e. The summed E-state index contributed by atoms with van der Waals surface area (Å²) in [6, 6.07) is 18.1. The minimum absolute atomic E-state index is 0.0821. The number of aromatic amines is 1. The van der Waals surface area contributed by atoms with E-state index in [2.05, 4.69) is 44.9 Å². The van der Waals surface area contributed by atoms with Crippen molar-refractivity contribution < 1.29 is 4.79 Å². The van der Waals surface area contributed by atoms with Gasteiger partial charge in [-0.3, -0.25) is 4.79 Å². The van der Waals surface area contributed by atoms with E-state index in [1.165, 1.54) is 5.56 Å². The second kappa shape index (κ2) is 8.35. The number of anilines is 2. The van der Waals surface area contributed by atoms with Crippen LogP contribution in [0.2, 0.25) is 0 Å². The zero-order valence-corrected chi connectivity index (χ0v) is 17.8. The third kappa shape index (κ3) is 3.84. The van der Waals surface area contributed by atoms with Crippen LogP contribution in [-0.4, -0.2) is 38.8 Å². The van der Waals surface area contributed by atoms with Crippen molar-refractivity contribution in [3.8, 4) is 0 Å². The molecule has 6 nitrogen and oxygen atoms in total. The molecule has 0 unspecified atom stereocenters. The topological polar surface area (TPSA) is 73.9 Å². The molecule has 0 spiro atoms. The predicted molar refractivity (Wildman–Crippen MR) is 123 cm³/mol. The monoisotopic (exact) mass is 429 g/mol. The first-order valence-electron chi connectivity index (χ1n) is 10.4. The highest BCUT2D eigenvalue weighted by Gasteiger charge is 2.41. The fraction of sp³-hybridized carbons (Fsp3) is 0.208. The molecule has 2 N–H and O–H groups in total. The van der Waals surface area contributed by atoms with Crippen LogP contribution in [0.15, 0.2) is 78.6 Å². The Labute approximate surface area is 185 Å². The molecule has 0 bridgehead atoms. The van der Waals surface area contributed by atoms with Gasteiger partial charge in [-0.15, -0.1) is 11.3 Å². The Kier molecular flexibility index (Phi) is 5.26. The van der Waals surface area contributed by atoms with Crippen LogP contribution in [0.25, 0.3) is 0 Å². The Morgan fingerprint density at radius 3 is 2.58 bits per heavy atom. The number of likely N-dealkylation sites (tertiary alicyclic amines) is 1. The first kappa shape index (κ1) is 19.5. The normalized spacial score (nSPS) is 15.5. The Hall–Kier alpha value is -3.45. The van der Waals surface area contributed by atoms with Gasteiger partial charge in [0.25, 0.3) is 5.91 Å². The highest BCUT2D eigenvalue weighted by Crippen LogP contribution is 2.43. The minimum atomic E-state index is -0.212. The maximum absolute atomic E-state index is 12.8. The molecule has 4 heterocycles. The predicted octanol–water partition coefficient (Wildman–Crippen LogP) is 4.83. The van der Waals surface area contributed by atoms with Crippen molar-refractivity contribution in [1.82, 2.24) is 19.9 Å². The number of thiazole rings is 1. The lowest BCUT2D eigenvalue weighted by Gasteiger charge is -2.41. The van der Waals surface area contributed by atoms with Gasteiger partial charge in [0.2, 0.25) is 0 Å². The zero-order chi connectivity index (χ0) is 21.1. The first-order valence-corrected chi connectivity index (χ1v) is 11.2. The summed E-state index contributed by atoms with van der Waals surface area (Å²) in [5.74, 6) is 0.864. The number of amides is 1. The molecule has 0 aliphatic carbocycles. The molecule has 1 aromatic carbocycles. The van der Waals surface area contributed by atoms with E-state index >= 15 is 0 Å². The molecule has 31 heavy (non-hydrogen) atoms. The van der Waals surface area contributed by atoms with E-state index in [4.69, 9.17) is 4.98 Å². The molecule has 1 fully saturated rings. The number of pyridine rings is 1. The molecule has 1 aliphatic rings. The second-order valence-corrected chi connectivity index (χ2v) is 8.58. The van der Waals surface area contributed by atoms with Gasteiger partial charge >= 0.3 is 0 Å². The van der Waals surface area contributed by atoms with Gasteiger partial charge in [-0.2, -0.15) is 0 Å². The number of H-pyrrole nitrogens is 1. The fourth-order valence-corrected chi connectivity index (χ4v) is 5.09. The van der Waals surface area contributed by atoms with Gasteiger partial charge in [0.1, 0.15) is 5.82 Å². The molecule has 1 aliphatic heterocycles. The number of benzene rings is 1. The van der Waals surface area contributed by atoms with Crippen molar-refractivity contribution in [2.75, 3.05) is 18.4 Å². The Morgan fingerprint density at radius 2 is 1.87 bits per heavy atom. The number of aromatic nitrogens is 3. The standard InChI is InChI=1S/C24H23N5OS/c30-22(18-9-13-25-16-18)29-14-10-24(11-15-29,19-6-2-1-3-7-19)20-17-31-23(27-20)28-21-8-4-5-12-26-21/h1-9,12-13,16-17,25H,10-11,14-15H2,(H,26,27,28). The van der Waals surface area contributed by atoms with Crippen LogP contribution < -0.4 is 5.32 Å². The quantitative estimate of drug-likeness (QED) is 0.476. The molecular formula is C24H23N5OS. The van der Waals surface area contributed by atoms with Crippen molar-refractivity contribution in [3.05, 3.63) is 95.4 Å². The Morgan fingerprint density at radius 1 is 1.06 bits per heavy atom. The smallest absolute Gasteiger partial charge is 0.255 e. The van der Waals surface area contributed by atoms with Crippen LogP contribution in [0.5, 0.6) is 0 Å². The van der Waals surface area contributed by atoms with Gasteiger partial charge in [0.05, 0.1) is 11.3 Å². The highest BCUT2D eigenvalue weighted by atomic mass is 32.1. The lowest BCUT2D eigenvalue weighted by atomic mass is 9.70. The SMILES string of the molecule is O=C(c1cc[nH]c1)N1CCC(c2ccccc2)(c2csc(Nc3ccccn3)n2)CC1. The van der Waals surface area contributed by atoms with E-state index in [0.29, 0.717) is 18.7 Å². The van der Waals surface area contributed by atoms with Gasteiger partial charge in [-0.1, -0.05) is 36.4 Å². The number of carbonyl (C=O) groups is 1. The van der Waals surface area contributed by atoms with E-state index < -0.39 is 0 Å². The first-order chi connectivity index (χ1) is 15.2. The molecule has 7 heteroatoms. The second-order valence-electron chi connectivity index (χ2n) is 7.72. The average molecular weight is 430 g/mol. The molecular weight excluding hydrogens is 406 g/mol. The average Bonchev–Trinajstić information content (AvgIpc) is 3.53. The van der Waals surface area contributed by atoms with Crippen molar-refractivity contribution in [2.24, 2.45) is 0 Å². The highest BCUT2D eigenvalue weighted by molar-refractivity contribution is 7.13. The van der Waals surface area contributed by atoms with Crippen molar-refractivity contribution >= 4 is 28.2 Å². The Bertz CT molecular complexity index is 1130. The third-order valence-corrected chi connectivity index (χ3v) is 6.73. The molecule has 156 valence electrons. The lowest BCUT2D eigenvalue weighted by Crippen LogP contribution is -2.45. The lowest BCUT2D eigenvalue weighted by molar-refractivity contribution is 0.0684. The van der Waals surface area contributed by atoms with E-state index in [1.807, 2.05) is 35.2 Å². The van der Waals surface area contributed by atoms with Crippen LogP contribution in [0.3, 0.4) is 0 Å². The van der Waals surface area contributed by atoms with Gasteiger partial charge in [-0.05, 0) is 36.6 Å². The number of hydrogen-bond acceptors (Lipinski definition) is 5. The molecule has 1 saturated heterocycles. The van der Waals surface area contributed by atoms with Gasteiger partial charge < -0.3 is 15.2 Å². The number of piperidine rings is 1. The summed E-state index contributed by atoms with van der Waals surface area (Å²) in [4.78, 5) is 27.0. The molecule has 5 rings (SSSR count). The van der Waals surface area contributed by atoms with Crippen LogP contribution in [0.1, 0.15) is 34.5 Å². The summed E-state index contributed by atoms with van der Waals surface area (Å²) in [5.41, 5.74) is 2.80. The van der Waals surface area contributed by atoms with Gasteiger partial charge in [-0.25, -0.2) is 9.97 Å². The van der Waals surface area contributed by atoms with Crippen molar-refractivity contribution in [1.29, 1.82) is 0 Å². The Balaban J connectivity index is 1.42. The summed E-state index contributed by atoms with van der Waals surface area (Å²) in [6.07, 6.45) is 6.98. The summed E-state index contributed by atoms with van der Waals surface area (Å²) in [5, 5.41) is 6.28. The van der Waals surface area contributed by atoms with Gasteiger partial charge in [0.15, 0.2) is 5.13 Å². The van der Waals surface area contributed by atoms with Crippen LogP contribution in [0.4, 0.5) is 10.9 Å². The summed E-state index contributed by atoms with van der Waals surface area (Å²) < 4.78 is 0. The summed E-state index contributed by atoms with van der Waals surface area (Å²) in [7, 11) is 0. The van der Waals surface area contributed by atoms with E-state index in [9.17, 15) is 4.79 Å². The van der Waals surface area contributed by atoms with Crippen molar-refractivity contribution in [3.63, 3.8) is 0 Å². The number of rotatable bonds is 5. The van der Waals surface area contributed by atoms with E-state index in [-0.39, 0.29) is 11.3 Å². The molecule has 0 radical (unpaired) electrons. The number of carbonyl (C=O) groups excluding carboxylic acids is 1. The number of hydrogen-bond donors (Lipinski definition) is 2. The summed E-state index contributed by atoms with van der Waals surface area (Å²) in [6.45, 7) is 1.39. The summed E-state index contributed by atoms with van der Waals surface area (Å²) >= 11 is 1.59. The van der Waals surface area contributed by atoms with Crippen LogP contribution >= 0.6 is 11.3 Å². The molecule has 0 atom stereocenters. The molecule has 0 saturated carbocycles. The van der Waals surface area contributed by atoms with Crippen LogP contribution in [-0.2, 0) is 5.41 Å².